The molecule has 5 heteroatoms. The number of aromatic nitrogens is 2. The van der Waals surface area contributed by atoms with Gasteiger partial charge in [0.25, 0.3) is 0 Å². The molecule has 0 radical (unpaired) electrons. The van der Waals surface area contributed by atoms with Crippen molar-refractivity contribution in [2.45, 2.75) is 25.4 Å². The van der Waals surface area contributed by atoms with E-state index in [-0.39, 0.29) is 0 Å². The van der Waals surface area contributed by atoms with Crippen molar-refractivity contribution in [3.05, 3.63) is 42.2 Å². The zero-order valence-electron chi connectivity index (χ0n) is 13.7. The number of hydrogen-bond donors (Lipinski definition) is 0. The molecule has 1 aromatic heterocycles. The Hall–Kier alpha value is -1.59. The smallest absolute Gasteiger partial charge is 0.162 e. The summed E-state index contributed by atoms with van der Waals surface area (Å²) >= 11 is 2.06. The number of ether oxygens (including phenoxy) is 1. The van der Waals surface area contributed by atoms with E-state index >= 15 is 0 Å². The average Bonchev–Trinajstić information content (AvgIpc) is 2.63. The van der Waals surface area contributed by atoms with Crippen LogP contribution in [0.1, 0.15) is 18.4 Å². The zero-order valence-corrected chi connectivity index (χ0v) is 14.6. The van der Waals surface area contributed by atoms with Crippen LogP contribution in [0, 0.1) is 0 Å². The maximum Gasteiger partial charge on any atom is 0.162 e. The maximum absolute atomic E-state index is 5.38. The first kappa shape index (κ1) is 16.3. The van der Waals surface area contributed by atoms with E-state index in [1.807, 2.05) is 36.7 Å². The Labute approximate surface area is 142 Å². The van der Waals surface area contributed by atoms with E-state index in [4.69, 9.17) is 4.74 Å². The van der Waals surface area contributed by atoms with Gasteiger partial charge in [-0.05, 0) is 43.5 Å². The van der Waals surface area contributed by atoms with Crippen LogP contribution in [0.5, 0.6) is 5.75 Å². The highest BCUT2D eigenvalue weighted by Crippen LogP contribution is 2.26. The fraction of sp³-hybridized carbons (Fsp3) is 0.444. The van der Waals surface area contributed by atoms with Crippen molar-refractivity contribution in [3.63, 3.8) is 0 Å². The lowest BCUT2D eigenvalue weighted by Gasteiger charge is -2.30. The molecule has 4 nitrogen and oxygen atoms in total. The summed E-state index contributed by atoms with van der Waals surface area (Å²) < 4.78 is 5.38. The summed E-state index contributed by atoms with van der Waals surface area (Å²) in [5.41, 5.74) is 2.09. The second-order valence-electron chi connectivity index (χ2n) is 5.87. The number of para-hydroxylation sites is 1. The predicted octanol–water partition coefficient (Wildman–Crippen LogP) is 3.48. The first-order valence-electron chi connectivity index (χ1n) is 8.00. The SMILES string of the molecule is COc1ccccc1-c1ncc(CN(C)C2CCSCC2)cn1. The second-order valence-corrected chi connectivity index (χ2v) is 7.10. The van der Waals surface area contributed by atoms with Crippen molar-refractivity contribution in [2.24, 2.45) is 0 Å². The van der Waals surface area contributed by atoms with Crippen LogP contribution in [0.2, 0.25) is 0 Å². The van der Waals surface area contributed by atoms with Crippen LogP contribution >= 0.6 is 11.8 Å². The number of benzene rings is 1. The first-order valence-corrected chi connectivity index (χ1v) is 9.15. The highest BCUT2D eigenvalue weighted by atomic mass is 32.2. The molecule has 2 heterocycles. The largest absolute Gasteiger partial charge is 0.496 e. The van der Waals surface area contributed by atoms with E-state index in [1.165, 1.54) is 24.3 Å². The Balaban J connectivity index is 1.69. The lowest BCUT2D eigenvalue weighted by atomic mass is 10.1. The molecular weight excluding hydrogens is 306 g/mol. The van der Waals surface area contributed by atoms with Gasteiger partial charge in [0.05, 0.1) is 12.7 Å². The number of rotatable bonds is 5. The highest BCUT2D eigenvalue weighted by Gasteiger charge is 2.18. The van der Waals surface area contributed by atoms with E-state index < -0.39 is 0 Å². The molecule has 0 saturated carbocycles. The van der Waals surface area contributed by atoms with Crippen molar-refractivity contribution in [1.29, 1.82) is 0 Å². The molecule has 0 amide bonds. The average molecular weight is 329 g/mol. The Bertz CT molecular complexity index is 626. The fourth-order valence-electron chi connectivity index (χ4n) is 2.95. The van der Waals surface area contributed by atoms with Crippen LogP contribution in [-0.4, -0.2) is 46.6 Å². The molecule has 0 atom stereocenters. The minimum Gasteiger partial charge on any atom is -0.496 e. The van der Waals surface area contributed by atoms with Crippen molar-refractivity contribution >= 4 is 11.8 Å². The Morgan fingerprint density at radius 3 is 2.57 bits per heavy atom. The lowest BCUT2D eigenvalue weighted by Crippen LogP contribution is -2.34. The number of methoxy groups -OCH3 is 1. The van der Waals surface area contributed by atoms with Gasteiger partial charge in [-0.25, -0.2) is 9.97 Å². The second kappa shape index (κ2) is 7.79. The third kappa shape index (κ3) is 4.03. The fourth-order valence-corrected chi connectivity index (χ4v) is 4.03. The summed E-state index contributed by atoms with van der Waals surface area (Å²) in [7, 11) is 3.87. The van der Waals surface area contributed by atoms with Gasteiger partial charge < -0.3 is 4.74 Å². The summed E-state index contributed by atoms with van der Waals surface area (Å²) in [4.78, 5) is 11.5. The molecule has 1 aliphatic heterocycles. The predicted molar refractivity (Wildman–Crippen MR) is 95.8 cm³/mol. The third-order valence-electron chi connectivity index (χ3n) is 4.30. The molecule has 3 rings (SSSR count). The molecule has 0 spiro atoms. The standard InChI is InChI=1S/C18H23N3OS/c1-21(15-7-9-23-10-8-15)13-14-11-19-18(20-12-14)16-5-3-4-6-17(16)22-2/h3-6,11-12,15H,7-10,13H2,1-2H3. The Kier molecular flexibility index (Phi) is 5.51. The van der Waals surface area contributed by atoms with Crippen LogP contribution in [0.3, 0.4) is 0 Å². The molecular formula is C18H23N3OS. The quantitative estimate of drug-likeness (QED) is 0.839. The summed E-state index contributed by atoms with van der Waals surface area (Å²) in [5, 5.41) is 0. The van der Waals surface area contributed by atoms with Gasteiger partial charge in [0, 0.05) is 30.5 Å². The van der Waals surface area contributed by atoms with Gasteiger partial charge in [-0.1, -0.05) is 12.1 Å². The van der Waals surface area contributed by atoms with Crippen LogP contribution in [0.25, 0.3) is 11.4 Å². The molecule has 0 unspecified atom stereocenters. The Morgan fingerprint density at radius 2 is 1.87 bits per heavy atom. The topological polar surface area (TPSA) is 38.2 Å². The van der Waals surface area contributed by atoms with Crippen molar-refractivity contribution in [1.82, 2.24) is 14.9 Å². The molecule has 2 aromatic rings. The van der Waals surface area contributed by atoms with Gasteiger partial charge in [0.2, 0.25) is 0 Å². The molecule has 1 fully saturated rings. The minimum atomic E-state index is 0.685. The monoisotopic (exact) mass is 329 g/mol. The van der Waals surface area contributed by atoms with E-state index in [0.29, 0.717) is 11.9 Å². The van der Waals surface area contributed by atoms with Gasteiger partial charge in [-0.15, -0.1) is 0 Å². The number of thioether (sulfide) groups is 1. The molecule has 0 aliphatic carbocycles. The van der Waals surface area contributed by atoms with Crippen LogP contribution in [0.4, 0.5) is 0 Å². The number of nitrogens with zero attached hydrogens (tertiary/aromatic N) is 3. The van der Waals surface area contributed by atoms with Crippen molar-refractivity contribution < 1.29 is 4.74 Å². The van der Waals surface area contributed by atoms with Gasteiger partial charge >= 0.3 is 0 Å². The molecule has 23 heavy (non-hydrogen) atoms. The summed E-state index contributed by atoms with van der Waals surface area (Å²) in [6.07, 6.45) is 6.42. The van der Waals surface area contributed by atoms with Gasteiger partial charge in [-0.2, -0.15) is 11.8 Å². The Morgan fingerprint density at radius 1 is 1.17 bits per heavy atom. The lowest BCUT2D eigenvalue weighted by molar-refractivity contribution is 0.221. The van der Waals surface area contributed by atoms with Gasteiger partial charge in [-0.3, -0.25) is 4.90 Å². The number of hydrogen-bond acceptors (Lipinski definition) is 5. The van der Waals surface area contributed by atoms with E-state index in [0.717, 1.165) is 23.4 Å². The normalized spacial score (nSPS) is 15.8. The molecule has 1 aliphatic rings. The molecule has 1 aromatic carbocycles. The zero-order chi connectivity index (χ0) is 16.1. The summed E-state index contributed by atoms with van der Waals surface area (Å²) in [5.74, 6) is 4.07. The molecule has 0 N–H and O–H groups in total. The van der Waals surface area contributed by atoms with Gasteiger partial charge in [0.15, 0.2) is 5.82 Å². The van der Waals surface area contributed by atoms with E-state index in [1.54, 1.807) is 7.11 Å². The van der Waals surface area contributed by atoms with E-state index in [9.17, 15) is 0 Å². The van der Waals surface area contributed by atoms with Crippen LogP contribution in [-0.2, 0) is 6.54 Å². The highest BCUT2D eigenvalue weighted by molar-refractivity contribution is 7.99. The first-order chi connectivity index (χ1) is 11.3. The summed E-state index contributed by atoms with van der Waals surface area (Å²) in [6.45, 7) is 0.904. The van der Waals surface area contributed by atoms with Crippen molar-refractivity contribution in [2.75, 3.05) is 25.7 Å². The molecule has 0 bridgehead atoms. The van der Waals surface area contributed by atoms with E-state index in [2.05, 4.69) is 33.7 Å². The van der Waals surface area contributed by atoms with Gasteiger partial charge in [0.1, 0.15) is 5.75 Å². The van der Waals surface area contributed by atoms with Crippen molar-refractivity contribution in [3.8, 4) is 17.1 Å². The van der Waals surface area contributed by atoms with Crippen LogP contribution in [0.15, 0.2) is 36.7 Å². The van der Waals surface area contributed by atoms with Crippen LogP contribution < -0.4 is 4.74 Å². The maximum atomic E-state index is 5.38. The minimum absolute atomic E-state index is 0.685. The molecule has 1 saturated heterocycles. The summed E-state index contributed by atoms with van der Waals surface area (Å²) in [6, 6.07) is 8.53. The third-order valence-corrected chi connectivity index (χ3v) is 5.35. The molecule has 122 valence electrons.